The topological polar surface area (TPSA) is 83.0 Å². The molecule has 0 aliphatic carbocycles. The fourth-order valence-electron chi connectivity index (χ4n) is 3.43. The molecule has 30 heavy (non-hydrogen) atoms. The highest BCUT2D eigenvalue weighted by Gasteiger charge is 2.18. The predicted molar refractivity (Wildman–Crippen MR) is 120 cm³/mol. The molecule has 4 rings (SSSR count). The van der Waals surface area contributed by atoms with Crippen LogP contribution in [-0.2, 0) is 0 Å². The van der Waals surface area contributed by atoms with Crippen LogP contribution < -0.4 is 15.5 Å². The molecule has 0 saturated carbocycles. The SMILES string of the molecule is CC(=O)c1cccc(Nc2nc(Nc3ccc(C)c(C)c3)nc(N3CCCC3)n2)c1. The maximum absolute atomic E-state index is 11.7. The second-order valence-corrected chi connectivity index (χ2v) is 7.66. The Bertz CT molecular complexity index is 1080. The van der Waals surface area contributed by atoms with Crippen LogP contribution >= 0.6 is 0 Å². The van der Waals surface area contributed by atoms with E-state index in [2.05, 4.69) is 56.5 Å². The molecule has 7 nitrogen and oxygen atoms in total. The maximum Gasteiger partial charge on any atom is 0.233 e. The lowest BCUT2D eigenvalue weighted by Crippen LogP contribution is -2.21. The van der Waals surface area contributed by atoms with Crippen molar-refractivity contribution < 1.29 is 4.79 Å². The number of ketones is 1. The number of nitrogens with one attached hydrogen (secondary N) is 2. The summed E-state index contributed by atoms with van der Waals surface area (Å²) >= 11 is 0. The van der Waals surface area contributed by atoms with Crippen LogP contribution in [0.4, 0.5) is 29.2 Å². The zero-order valence-corrected chi connectivity index (χ0v) is 17.6. The van der Waals surface area contributed by atoms with Crippen LogP contribution in [0.5, 0.6) is 0 Å². The first kappa shape index (κ1) is 19.8. The summed E-state index contributed by atoms with van der Waals surface area (Å²) in [7, 11) is 0. The van der Waals surface area contributed by atoms with E-state index < -0.39 is 0 Å². The van der Waals surface area contributed by atoms with Gasteiger partial charge in [-0.05, 0) is 69.0 Å². The largest absolute Gasteiger partial charge is 0.341 e. The molecule has 2 aromatic carbocycles. The summed E-state index contributed by atoms with van der Waals surface area (Å²) in [6.07, 6.45) is 2.27. The Kier molecular flexibility index (Phi) is 5.61. The number of hydrogen-bond donors (Lipinski definition) is 2. The molecule has 0 bridgehead atoms. The van der Waals surface area contributed by atoms with Gasteiger partial charge < -0.3 is 15.5 Å². The molecule has 2 N–H and O–H groups in total. The Morgan fingerprint density at radius 1 is 0.867 bits per heavy atom. The molecule has 1 fully saturated rings. The van der Waals surface area contributed by atoms with Crippen LogP contribution in [0.25, 0.3) is 0 Å². The fourth-order valence-corrected chi connectivity index (χ4v) is 3.43. The fraction of sp³-hybridized carbons (Fsp3) is 0.304. The summed E-state index contributed by atoms with van der Waals surface area (Å²) in [5.41, 5.74) is 4.77. The number of carbonyl (C=O) groups is 1. The molecule has 2 heterocycles. The molecule has 154 valence electrons. The zero-order chi connectivity index (χ0) is 21.1. The van der Waals surface area contributed by atoms with Crippen LogP contribution in [0.3, 0.4) is 0 Å². The van der Waals surface area contributed by atoms with Crippen LogP contribution in [-0.4, -0.2) is 33.8 Å². The summed E-state index contributed by atoms with van der Waals surface area (Å²) < 4.78 is 0. The van der Waals surface area contributed by atoms with Gasteiger partial charge in [0.25, 0.3) is 0 Å². The summed E-state index contributed by atoms with van der Waals surface area (Å²) in [5, 5.41) is 6.54. The van der Waals surface area contributed by atoms with Gasteiger partial charge in [-0.15, -0.1) is 0 Å². The third-order valence-electron chi connectivity index (χ3n) is 5.30. The van der Waals surface area contributed by atoms with E-state index in [0.29, 0.717) is 23.4 Å². The van der Waals surface area contributed by atoms with Crippen molar-refractivity contribution in [1.82, 2.24) is 15.0 Å². The van der Waals surface area contributed by atoms with Gasteiger partial charge in [0.1, 0.15) is 0 Å². The summed E-state index contributed by atoms with van der Waals surface area (Å²) in [6, 6.07) is 13.5. The van der Waals surface area contributed by atoms with E-state index in [0.717, 1.165) is 37.3 Å². The molecule has 0 spiro atoms. The Morgan fingerprint density at radius 2 is 1.53 bits per heavy atom. The minimum Gasteiger partial charge on any atom is -0.341 e. The third-order valence-corrected chi connectivity index (χ3v) is 5.30. The Labute approximate surface area is 176 Å². The smallest absolute Gasteiger partial charge is 0.233 e. The molecule has 0 atom stereocenters. The highest BCUT2D eigenvalue weighted by molar-refractivity contribution is 5.95. The number of rotatable bonds is 6. The van der Waals surface area contributed by atoms with Crippen molar-refractivity contribution in [2.75, 3.05) is 28.6 Å². The maximum atomic E-state index is 11.7. The van der Waals surface area contributed by atoms with E-state index in [4.69, 9.17) is 0 Å². The normalized spacial score (nSPS) is 13.4. The standard InChI is InChI=1S/C23H26N6O/c1-15-9-10-20(13-16(15)2)25-22-26-21(27-23(28-22)29-11-4-5-12-29)24-19-8-6-7-18(14-19)17(3)30/h6-10,13-14H,4-5,11-12H2,1-3H3,(H2,24,25,26,27,28). The molecule has 0 amide bonds. The van der Waals surface area contributed by atoms with Crippen molar-refractivity contribution in [3.05, 3.63) is 59.2 Å². The molecule has 1 aliphatic heterocycles. The number of anilines is 5. The summed E-state index contributed by atoms with van der Waals surface area (Å²) in [6.45, 7) is 7.60. The number of carbonyl (C=O) groups excluding carboxylic acids is 1. The number of hydrogen-bond acceptors (Lipinski definition) is 7. The molecule has 7 heteroatoms. The molecule has 1 aromatic heterocycles. The number of nitrogens with zero attached hydrogens (tertiary/aromatic N) is 4. The molecular weight excluding hydrogens is 376 g/mol. The van der Waals surface area contributed by atoms with Crippen LogP contribution in [0.1, 0.15) is 41.3 Å². The average molecular weight is 403 g/mol. The lowest BCUT2D eigenvalue weighted by molar-refractivity contribution is 0.101. The molecule has 0 unspecified atom stereocenters. The van der Waals surface area contributed by atoms with Crippen molar-refractivity contribution in [2.45, 2.75) is 33.6 Å². The monoisotopic (exact) mass is 402 g/mol. The lowest BCUT2D eigenvalue weighted by Gasteiger charge is -2.17. The van der Waals surface area contributed by atoms with Gasteiger partial charge in [-0.2, -0.15) is 15.0 Å². The Balaban J connectivity index is 1.66. The molecule has 1 aliphatic rings. The zero-order valence-electron chi connectivity index (χ0n) is 17.6. The third kappa shape index (κ3) is 4.56. The van der Waals surface area contributed by atoms with Gasteiger partial charge in [0, 0.05) is 30.0 Å². The van der Waals surface area contributed by atoms with Gasteiger partial charge in [0.2, 0.25) is 17.8 Å². The Morgan fingerprint density at radius 3 is 2.17 bits per heavy atom. The van der Waals surface area contributed by atoms with E-state index in [9.17, 15) is 4.79 Å². The number of aryl methyl sites for hydroxylation is 2. The van der Waals surface area contributed by atoms with Gasteiger partial charge in [-0.1, -0.05) is 18.2 Å². The van der Waals surface area contributed by atoms with E-state index >= 15 is 0 Å². The number of benzene rings is 2. The van der Waals surface area contributed by atoms with Crippen LogP contribution in [0.15, 0.2) is 42.5 Å². The number of Topliss-reactive ketones (excluding diaryl/α,β-unsaturated/α-hetero) is 1. The van der Waals surface area contributed by atoms with Crippen molar-refractivity contribution in [2.24, 2.45) is 0 Å². The molecular formula is C23H26N6O. The van der Waals surface area contributed by atoms with Gasteiger partial charge in [-0.25, -0.2) is 0 Å². The van der Waals surface area contributed by atoms with E-state index in [-0.39, 0.29) is 5.78 Å². The average Bonchev–Trinajstić information content (AvgIpc) is 3.26. The van der Waals surface area contributed by atoms with Crippen LogP contribution in [0.2, 0.25) is 0 Å². The molecule has 0 radical (unpaired) electrons. The minimum absolute atomic E-state index is 0.0177. The quantitative estimate of drug-likeness (QED) is 0.574. The highest BCUT2D eigenvalue weighted by Crippen LogP contribution is 2.24. The molecule has 1 saturated heterocycles. The van der Waals surface area contributed by atoms with Gasteiger partial charge >= 0.3 is 0 Å². The van der Waals surface area contributed by atoms with Crippen molar-refractivity contribution >= 4 is 35.0 Å². The van der Waals surface area contributed by atoms with E-state index in [1.54, 1.807) is 19.1 Å². The first-order chi connectivity index (χ1) is 14.5. The van der Waals surface area contributed by atoms with Gasteiger partial charge in [0.05, 0.1) is 0 Å². The number of aromatic nitrogens is 3. The van der Waals surface area contributed by atoms with Gasteiger partial charge in [-0.3, -0.25) is 4.79 Å². The van der Waals surface area contributed by atoms with Crippen molar-refractivity contribution in [1.29, 1.82) is 0 Å². The van der Waals surface area contributed by atoms with E-state index in [1.807, 2.05) is 18.2 Å². The van der Waals surface area contributed by atoms with E-state index in [1.165, 1.54) is 11.1 Å². The highest BCUT2D eigenvalue weighted by atomic mass is 16.1. The minimum atomic E-state index is 0.0177. The first-order valence-corrected chi connectivity index (χ1v) is 10.2. The van der Waals surface area contributed by atoms with Crippen LogP contribution in [0, 0.1) is 13.8 Å². The second kappa shape index (κ2) is 8.49. The predicted octanol–water partition coefficient (Wildman–Crippen LogP) is 4.78. The second-order valence-electron chi connectivity index (χ2n) is 7.66. The lowest BCUT2D eigenvalue weighted by atomic mass is 10.1. The Hall–Kier alpha value is -3.48. The first-order valence-electron chi connectivity index (χ1n) is 10.2. The summed E-state index contributed by atoms with van der Waals surface area (Å²) in [4.78, 5) is 27.7. The van der Waals surface area contributed by atoms with Crippen molar-refractivity contribution in [3.63, 3.8) is 0 Å². The molecule has 3 aromatic rings. The summed E-state index contributed by atoms with van der Waals surface area (Å²) in [5.74, 6) is 1.60. The van der Waals surface area contributed by atoms with Gasteiger partial charge in [0.15, 0.2) is 5.78 Å². The van der Waals surface area contributed by atoms with Crippen molar-refractivity contribution in [3.8, 4) is 0 Å².